The van der Waals surface area contributed by atoms with Crippen molar-refractivity contribution < 1.29 is 24.2 Å². The summed E-state index contributed by atoms with van der Waals surface area (Å²) in [4.78, 5) is 22.4. The van der Waals surface area contributed by atoms with E-state index in [0.29, 0.717) is 22.2 Å². The van der Waals surface area contributed by atoms with Crippen molar-refractivity contribution in [1.82, 2.24) is 0 Å². The Bertz CT molecular complexity index is 748. The van der Waals surface area contributed by atoms with Gasteiger partial charge < -0.3 is 19.9 Å². The Morgan fingerprint density at radius 3 is 2.62 bits per heavy atom. The molecule has 24 heavy (non-hydrogen) atoms. The minimum atomic E-state index is -1.07. The Balaban J connectivity index is 1.90. The van der Waals surface area contributed by atoms with Crippen molar-refractivity contribution in [3.8, 4) is 11.5 Å². The smallest absolute Gasteiger partial charge is 0.341 e. The van der Waals surface area contributed by atoms with Crippen LogP contribution in [0.5, 0.6) is 11.5 Å². The quantitative estimate of drug-likeness (QED) is 0.802. The highest BCUT2D eigenvalue weighted by atomic mass is 35.5. The Kier molecular flexibility index (Phi) is 6.03. The zero-order chi connectivity index (χ0) is 17.5. The maximum Gasteiger partial charge on any atom is 0.341 e. The van der Waals surface area contributed by atoms with Gasteiger partial charge in [0, 0.05) is 16.8 Å². The lowest BCUT2D eigenvalue weighted by Crippen LogP contribution is -2.20. The van der Waals surface area contributed by atoms with Gasteiger partial charge in [-0.05, 0) is 42.8 Å². The summed E-state index contributed by atoms with van der Waals surface area (Å²) in [5, 5.41) is 11.8. The minimum Gasteiger partial charge on any atom is -0.483 e. The number of benzene rings is 2. The molecule has 0 aromatic heterocycles. The third kappa shape index (κ3) is 5.48. The molecule has 0 unspecified atom stereocenters. The molecule has 2 rings (SSSR count). The number of ether oxygens (including phenoxy) is 2. The molecule has 2 N–H and O–H groups in total. The van der Waals surface area contributed by atoms with E-state index in [1.54, 1.807) is 36.4 Å². The molecule has 0 bridgehead atoms. The van der Waals surface area contributed by atoms with Crippen LogP contribution in [0.15, 0.2) is 42.5 Å². The zero-order valence-corrected chi connectivity index (χ0v) is 13.7. The van der Waals surface area contributed by atoms with Crippen LogP contribution in [0.4, 0.5) is 5.69 Å². The van der Waals surface area contributed by atoms with E-state index in [2.05, 4.69) is 5.32 Å². The maximum atomic E-state index is 11.9. The van der Waals surface area contributed by atoms with E-state index in [4.69, 9.17) is 26.2 Å². The van der Waals surface area contributed by atoms with Crippen LogP contribution < -0.4 is 14.8 Å². The fourth-order valence-electron chi connectivity index (χ4n) is 1.92. The topological polar surface area (TPSA) is 84.9 Å². The number of hydrogen-bond acceptors (Lipinski definition) is 4. The number of aliphatic carboxylic acids is 1. The number of hydrogen-bond donors (Lipinski definition) is 2. The number of carboxylic acids is 1. The number of nitrogens with one attached hydrogen (secondary N) is 1. The average Bonchev–Trinajstić information content (AvgIpc) is 2.52. The van der Waals surface area contributed by atoms with Gasteiger partial charge in [0.25, 0.3) is 5.91 Å². The van der Waals surface area contributed by atoms with E-state index in [9.17, 15) is 9.59 Å². The van der Waals surface area contributed by atoms with Gasteiger partial charge in [0.15, 0.2) is 13.2 Å². The number of anilines is 1. The predicted octanol–water partition coefficient (Wildman–Crippen LogP) is 3.13. The van der Waals surface area contributed by atoms with Gasteiger partial charge in [0.2, 0.25) is 0 Å². The van der Waals surface area contributed by atoms with Gasteiger partial charge >= 0.3 is 5.97 Å². The van der Waals surface area contributed by atoms with Crippen LogP contribution in [0.1, 0.15) is 5.56 Å². The standard InChI is InChI=1S/C17H16ClNO5/c1-11-7-12(18)5-6-15(11)24-9-16(20)19-13-3-2-4-14(8-13)23-10-17(21)22/h2-8H,9-10H2,1H3,(H,19,20)(H,21,22). The van der Waals surface area contributed by atoms with Crippen LogP contribution in [0.2, 0.25) is 5.02 Å². The molecule has 2 aromatic rings. The first-order chi connectivity index (χ1) is 11.4. The monoisotopic (exact) mass is 349 g/mol. The van der Waals surface area contributed by atoms with Crippen molar-refractivity contribution in [2.24, 2.45) is 0 Å². The van der Waals surface area contributed by atoms with Gasteiger partial charge in [-0.1, -0.05) is 17.7 Å². The third-order valence-corrected chi connectivity index (χ3v) is 3.21. The second kappa shape index (κ2) is 8.21. The molecule has 0 fully saturated rings. The molecular formula is C17H16ClNO5. The van der Waals surface area contributed by atoms with Crippen LogP contribution in [0.3, 0.4) is 0 Å². The summed E-state index contributed by atoms with van der Waals surface area (Å²) >= 11 is 5.86. The highest BCUT2D eigenvalue weighted by Gasteiger charge is 2.07. The number of amides is 1. The van der Waals surface area contributed by atoms with Gasteiger partial charge in [-0.3, -0.25) is 4.79 Å². The molecule has 0 radical (unpaired) electrons. The lowest BCUT2D eigenvalue weighted by atomic mass is 10.2. The van der Waals surface area contributed by atoms with E-state index in [-0.39, 0.29) is 12.5 Å². The van der Waals surface area contributed by atoms with Crippen molar-refractivity contribution in [3.05, 3.63) is 53.1 Å². The molecule has 126 valence electrons. The van der Waals surface area contributed by atoms with Gasteiger partial charge in [-0.2, -0.15) is 0 Å². The SMILES string of the molecule is Cc1cc(Cl)ccc1OCC(=O)Nc1cccc(OCC(=O)O)c1. The second-order valence-corrected chi connectivity index (χ2v) is 5.39. The van der Waals surface area contributed by atoms with E-state index >= 15 is 0 Å². The summed E-state index contributed by atoms with van der Waals surface area (Å²) in [7, 11) is 0. The van der Waals surface area contributed by atoms with Gasteiger partial charge in [0.1, 0.15) is 11.5 Å². The number of rotatable bonds is 7. The molecule has 0 aliphatic heterocycles. The normalized spacial score (nSPS) is 10.1. The second-order valence-electron chi connectivity index (χ2n) is 4.96. The first-order valence-electron chi connectivity index (χ1n) is 7.07. The molecule has 0 atom stereocenters. The largest absolute Gasteiger partial charge is 0.483 e. The molecule has 0 saturated heterocycles. The molecule has 0 aliphatic rings. The van der Waals surface area contributed by atoms with Crippen LogP contribution in [0.25, 0.3) is 0 Å². The Labute approximate surface area is 144 Å². The minimum absolute atomic E-state index is 0.164. The molecule has 7 heteroatoms. The molecule has 1 amide bonds. The first-order valence-corrected chi connectivity index (χ1v) is 7.45. The van der Waals surface area contributed by atoms with Crippen LogP contribution >= 0.6 is 11.6 Å². The summed E-state index contributed by atoms with van der Waals surface area (Å²) in [5.41, 5.74) is 1.32. The van der Waals surface area contributed by atoms with Gasteiger partial charge in [-0.25, -0.2) is 4.79 Å². The van der Waals surface area contributed by atoms with Crippen LogP contribution in [-0.4, -0.2) is 30.2 Å². The third-order valence-electron chi connectivity index (χ3n) is 2.98. The Morgan fingerprint density at radius 2 is 1.92 bits per heavy atom. The summed E-state index contributed by atoms with van der Waals surface area (Å²) in [6, 6.07) is 11.6. The Morgan fingerprint density at radius 1 is 1.12 bits per heavy atom. The lowest BCUT2D eigenvalue weighted by Gasteiger charge is -2.10. The summed E-state index contributed by atoms with van der Waals surface area (Å²) in [6.07, 6.45) is 0. The summed E-state index contributed by atoms with van der Waals surface area (Å²) in [6.45, 7) is 1.22. The zero-order valence-electron chi connectivity index (χ0n) is 12.9. The molecule has 0 spiro atoms. The van der Waals surface area contributed by atoms with E-state index in [1.165, 1.54) is 6.07 Å². The van der Waals surface area contributed by atoms with Crippen molar-refractivity contribution in [1.29, 1.82) is 0 Å². The average molecular weight is 350 g/mol. The Hall–Kier alpha value is -2.73. The molecule has 0 heterocycles. The first kappa shape index (κ1) is 17.6. The number of aryl methyl sites for hydroxylation is 1. The summed E-state index contributed by atoms with van der Waals surface area (Å²) in [5.74, 6) is -0.492. The van der Waals surface area contributed by atoms with Crippen molar-refractivity contribution in [2.75, 3.05) is 18.5 Å². The molecule has 6 nitrogen and oxygen atoms in total. The molecule has 0 aliphatic carbocycles. The number of carboxylic acid groups (broad SMARTS) is 1. The highest BCUT2D eigenvalue weighted by Crippen LogP contribution is 2.22. The maximum absolute atomic E-state index is 11.9. The van der Waals surface area contributed by atoms with Crippen molar-refractivity contribution >= 4 is 29.2 Å². The van der Waals surface area contributed by atoms with Crippen LogP contribution in [-0.2, 0) is 9.59 Å². The van der Waals surface area contributed by atoms with Gasteiger partial charge in [0.05, 0.1) is 0 Å². The number of carbonyl (C=O) groups is 2. The van der Waals surface area contributed by atoms with Crippen molar-refractivity contribution in [3.63, 3.8) is 0 Å². The highest BCUT2D eigenvalue weighted by molar-refractivity contribution is 6.30. The molecular weight excluding hydrogens is 334 g/mol. The number of halogens is 1. The fraction of sp³-hybridized carbons (Fsp3) is 0.176. The van der Waals surface area contributed by atoms with E-state index in [0.717, 1.165) is 5.56 Å². The van der Waals surface area contributed by atoms with Crippen molar-refractivity contribution in [2.45, 2.75) is 6.92 Å². The fourth-order valence-corrected chi connectivity index (χ4v) is 2.15. The summed E-state index contributed by atoms with van der Waals surface area (Å²) < 4.78 is 10.5. The predicted molar refractivity (Wildman–Crippen MR) is 89.9 cm³/mol. The number of carbonyl (C=O) groups excluding carboxylic acids is 1. The van der Waals surface area contributed by atoms with E-state index in [1.807, 2.05) is 6.92 Å². The van der Waals surface area contributed by atoms with E-state index < -0.39 is 12.6 Å². The van der Waals surface area contributed by atoms with Gasteiger partial charge in [-0.15, -0.1) is 0 Å². The molecule has 0 saturated carbocycles. The van der Waals surface area contributed by atoms with Crippen LogP contribution in [0, 0.1) is 6.92 Å². The lowest BCUT2D eigenvalue weighted by molar-refractivity contribution is -0.139. The molecule has 2 aromatic carbocycles.